The number of nitrogens with zero attached hydrogens (tertiary/aromatic N) is 2. The Labute approximate surface area is 203 Å². The predicted molar refractivity (Wildman–Crippen MR) is 133 cm³/mol. The van der Waals surface area contributed by atoms with Crippen LogP contribution in [0.5, 0.6) is 5.75 Å². The Morgan fingerprint density at radius 1 is 1.09 bits per heavy atom. The third-order valence-electron chi connectivity index (χ3n) is 6.49. The van der Waals surface area contributed by atoms with Crippen molar-refractivity contribution in [2.24, 2.45) is 7.05 Å². The molecule has 0 saturated carbocycles. The molecule has 1 fully saturated rings. The van der Waals surface area contributed by atoms with E-state index in [1.54, 1.807) is 54.1 Å². The van der Waals surface area contributed by atoms with Gasteiger partial charge in [-0.1, -0.05) is 30.4 Å². The normalized spacial score (nSPS) is 19.2. The lowest BCUT2D eigenvalue weighted by Gasteiger charge is -2.20. The summed E-state index contributed by atoms with van der Waals surface area (Å²) >= 11 is 0. The lowest BCUT2D eigenvalue weighted by molar-refractivity contribution is -0.119. The average molecular weight is 471 g/mol. The molecular weight excluding hydrogens is 444 g/mol. The molecule has 3 aromatic rings. The maximum absolute atomic E-state index is 13.5. The number of aromatic nitrogens is 1. The van der Waals surface area contributed by atoms with Gasteiger partial charge in [-0.15, -0.1) is 0 Å². The van der Waals surface area contributed by atoms with Crippen molar-refractivity contribution in [1.29, 1.82) is 0 Å². The van der Waals surface area contributed by atoms with Gasteiger partial charge in [-0.3, -0.25) is 14.4 Å². The number of hydrogen-bond donors (Lipinski definition) is 2. The van der Waals surface area contributed by atoms with E-state index in [9.17, 15) is 14.4 Å². The van der Waals surface area contributed by atoms with E-state index >= 15 is 0 Å². The van der Waals surface area contributed by atoms with E-state index in [1.165, 1.54) is 0 Å². The first-order valence-electron chi connectivity index (χ1n) is 11.4. The molecule has 0 bridgehead atoms. The third-order valence-corrected chi connectivity index (χ3v) is 6.49. The number of methoxy groups -OCH3 is 1. The summed E-state index contributed by atoms with van der Waals surface area (Å²) in [5, 5.41) is 5.86. The van der Waals surface area contributed by atoms with Crippen LogP contribution >= 0.6 is 0 Å². The molecule has 8 nitrogen and oxygen atoms in total. The van der Waals surface area contributed by atoms with Gasteiger partial charge in [-0.2, -0.15) is 0 Å². The molecule has 0 aliphatic carbocycles. The van der Waals surface area contributed by atoms with E-state index in [1.807, 2.05) is 42.5 Å². The molecule has 0 spiro atoms. The van der Waals surface area contributed by atoms with Crippen molar-refractivity contribution in [1.82, 2.24) is 14.8 Å². The van der Waals surface area contributed by atoms with E-state index in [4.69, 9.17) is 4.74 Å². The molecule has 2 aliphatic rings. The predicted octanol–water partition coefficient (Wildman–Crippen LogP) is 3.17. The first kappa shape index (κ1) is 22.5. The number of aryl methyl sites for hydroxylation is 1. The van der Waals surface area contributed by atoms with Gasteiger partial charge in [0.2, 0.25) is 5.91 Å². The van der Waals surface area contributed by atoms with Crippen molar-refractivity contribution in [3.8, 4) is 5.75 Å². The number of nitrogens with one attached hydrogen (secondary N) is 2. The minimum absolute atomic E-state index is 0.223. The summed E-state index contributed by atoms with van der Waals surface area (Å²) in [6, 6.07) is 15.7. The van der Waals surface area contributed by atoms with Gasteiger partial charge >= 0.3 is 0 Å². The summed E-state index contributed by atoms with van der Waals surface area (Å²) in [6.07, 6.45) is 6.04. The summed E-state index contributed by atoms with van der Waals surface area (Å²) in [7, 11) is 3.42. The highest BCUT2D eigenvalue weighted by molar-refractivity contribution is 6.10. The van der Waals surface area contributed by atoms with Crippen molar-refractivity contribution in [2.45, 2.75) is 18.5 Å². The number of hydrogen-bond acceptors (Lipinski definition) is 4. The van der Waals surface area contributed by atoms with Crippen molar-refractivity contribution in [3.05, 3.63) is 83.2 Å². The second-order valence-electron chi connectivity index (χ2n) is 8.78. The van der Waals surface area contributed by atoms with Crippen LogP contribution < -0.4 is 15.4 Å². The molecule has 2 atom stereocenters. The monoisotopic (exact) mass is 470 g/mol. The van der Waals surface area contributed by atoms with E-state index in [2.05, 4.69) is 10.6 Å². The molecule has 1 saturated heterocycles. The van der Waals surface area contributed by atoms with E-state index in [-0.39, 0.29) is 30.3 Å². The smallest absolute Gasteiger partial charge is 0.268 e. The molecule has 2 N–H and O–H groups in total. The highest BCUT2D eigenvalue weighted by Gasteiger charge is 2.43. The average Bonchev–Trinajstić information content (AvgIpc) is 3.47. The first-order valence-corrected chi connectivity index (χ1v) is 11.4. The van der Waals surface area contributed by atoms with Crippen molar-refractivity contribution < 1.29 is 19.1 Å². The first-order chi connectivity index (χ1) is 16.9. The van der Waals surface area contributed by atoms with Crippen LogP contribution in [0.1, 0.15) is 38.4 Å². The summed E-state index contributed by atoms with van der Waals surface area (Å²) in [4.78, 5) is 40.6. The maximum Gasteiger partial charge on any atom is 0.268 e. The van der Waals surface area contributed by atoms with Crippen LogP contribution in [-0.2, 0) is 11.8 Å². The number of rotatable bonds is 5. The largest absolute Gasteiger partial charge is 0.497 e. The van der Waals surface area contributed by atoms with Crippen LogP contribution in [0.2, 0.25) is 0 Å². The molecular formula is C27H26N4O4. The number of ether oxygens (including phenoxy) is 1. The van der Waals surface area contributed by atoms with Gasteiger partial charge in [0.15, 0.2) is 0 Å². The topological polar surface area (TPSA) is 92.7 Å². The Bertz CT molecular complexity index is 1330. The SMILES string of the molecule is COc1ccc(/C=C/c2ccc3c(c2)C(=O)N2C[C@@H](NC(=O)c4cccn4C)C[C@H]2C(=O)N3)cc1. The molecule has 3 heterocycles. The second kappa shape index (κ2) is 9.13. The van der Waals surface area contributed by atoms with Crippen LogP contribution in [0.25, 0.3) is 12.2 Å². The Morgan fingerprint density at radius 3 is 2.54 bits per heavy atom. The molecule has 5 rings (SSSR count). The van der Waals surface area contributed by atoms with Crippen molar-refractivity contribution >= 4 is 35.6 Å². The number of carbonyl (C=O) groups excluding carboxylic acids is 3. The molecule has 1 aromatic heterocycles. The Hall–Kier alpha value is -4.33. The highest BCUT2D eigenvalue weighted by Crippen LogP contribution is 2.30. The fourth-order valence-electron chi connectivity index (χ4n) is 4.60. The van der Waals surface area contributed by atoms with Gasteiger partial charge in [0.25, 0.3) is 11.8 Å². The Balaban J connectivity index is 1.34. The molecule has 35 heavy (non-hydrogen) atoms. The number of anilines is 1. The van der Waals surface area contributed by atoms with Crippen LogP contribution in [0.3, 0.4) is 0 Å². The molecule has 0 unspecified atom stereocenters. The zero-order valence-corrected chi connectivity index (χ0v) is 19.5. The minimum Gasteiger partial charge on any atom is -0.497 e. The van der Waals surface area contributed by atoms with Crippen molar-refractivity contribution in [2.75, 3.05) is 19.0 Å². The van der Waals surface area contributed by atoms with E-state index < -0.39 is 6.04 Å². The van der Waals surface area contributed by atoms with Gasteiger partial charge in [0.05, 0.1) is 18.4 Å². The van der Waals surface area contributed by atoms with Crippen molar-refractivity contribution in [3.63, 3.8) is 0 Å². The van der Waals surface area contributed by atoms with Crippen LogP contribution in [-0.4, -0.2) is 52.9 Å². The maximum atomic E-state index is 13.5. The summed E-state index contributed by atoms with van der Waals surface area (Å²) in [5.41, 5.74) is 3.30. The molecule has 0 radical (unpaired) electrons. The zero-order chi connectivity index (χ0) is 24.5. The summed E-state index contributed by atoms with van der Waals surface area (Å²) < 4.78 is 6.92. The highest BCUT2D eigenvalue weighted by atomic mass is 16.5. The minimum atomic E-state index is -0.632. The molecule has 2 aliphatic heterocycles. The van der Waals surface area contributed by atoms with Gasteiger partial charge in [0.1, 0.15) is 17.5 Å². The van der Waals surface area contributed by atoms with E-state index in [0.717, 1.165) is 16.9 Å². The zero-order valence-electron chi connectivity index (χ0n) is 19.5. The van der Waals surface area contributed by atoms with Gasteiger partial charge < -0.3 is 24.8 Å². The summed E-state index contributed by atoms with van der Waals surface area (Å²) in [5.74, 6) is 0.0964. The fraction of sp³-hybridized carbons (Fsp3) is 0.222. The quantitative estimate of drug-likeness (QED) is 0.561. The molecule has 3 amide bonds. The summed E-state index contributed by atoms with van der Waals surface area (Å²) in [6.45, 7) is 0.276. The van der Waals surface area contributed by atoms with Gasteiger partial charge in [-0.25, -0.2) is 0 Å². The number of amides is 3. The lowest BCUT2D eigenvalue weighted by atomic mass is 10.1. The Morgan fingerprint density at radius 2 is 1.83 bits per heavy atom. The van der Waals surface area contributed by atoms with Gasteiger partial charge in [-0.05, 0) is 53.9 Å². The van der Waals surface area contributed by atoms with Crippen LogP contribution in [0.15, 0.2) is 60.8 Å². The Kier molecular flexibility index (Phi) is 5.86. The number of fused-ring (bicyclic) bond motifs is 2. The third kappa shape index (κ3) is 4.42. The van der Waals surface area contributed by atoms with E-state index in [0.29, 0.717) is 23.4 Å². The second-order valence-corrected chi connectivity index (χ2v) is 8.78. The lowest BCUT2D eigenvalue weighted by Crippen LogP contribution is -2.41. The molecule has 2 aromatic carbocycles. The molecule has 8 heteroatoms. The fourth-order valence-corrected chi connectivity index (χ4v) is 4.60. The van der Waals surface area contributed by atoms with Crippen LogP contribution in [0.4, 0.5) is 5.69 Å². The van der Waals surface area contributed by atoms with Gasteiger partial charge in [0, 0.05) is 25.8 Å². The standard InChI is InChI=1S/C27H26N4O4/c1-30-13-3-4-23(30)25(32)28-19-15-24-26(33)29-22-12-9-18(14-21(22)27(34)31(24)16-19)6-5-17-7-10-20(35-2)11-8-17/h3-14,19,24H,15-16H2,1-2H3,(H,28,32)(H,29,33)/b6-5+/t19-,24-/m0/s1. The number of carbonyl (C=O) groups is 3. The van der Waals surface area contributed by atoms with Crippen LogP contribution in [0, 0.1) is 0 Å². The molecule has 178 valence electrons. The number of benzene rings is 2.